The van der Waals surface area contributed by atoms with Crippen LogP contribution >= 0.6 is 23.2 Å². The molecule has 0 N–H and O–H groups in total. The SMILES string of the molecule is CC(C)c1c(Cl)nc(CS(C)(=O)=O)nc1Cl. The van der Waals surface area contributed by atoms with E-state index in [1.807, 2.05) is 13.8 Å². The molecule has 7 heteroatoms. The van der Waals surface area contributed by atoms with Crippen LogP contribution < -0.4 is 0 Å². The highest BCUT2D eigenvalue weighted by molar-refractivity contribution is 7.89. The number of hydrogen-bond acceptors (Lipinski definition) is 4. The summed E-state index contributed by atoms with van der Waals surface area (Å²) in [6.45, 7) is 3.82. The maximum atomic E-state index is 11.1. The van der Waals surface area contributed by atoms with Crippen molar-refractivity contribution in [1.82, 2.24) is 9.97 Å². The van der Waals surface area contributed by atoms with Gasteiger partial charge in [0.2, 0.25) is 0 Å². The molecule has 0 fully saturated rings. The van der Waals surface area contributed by atoms with Crippen LogP contribution in [-0.2, 0) is 15.6 Å². The van der Waals surface area contributed by atoms with Crippen molar-refractivity contribution in [2.24, 2.45) is 0 Å². The molecule has 0 radical (unpaired) electrons. The van der Waals surface area contributed by atoms with Crippen LogP contribution in [0.4, 0.5) is 0 Å². The van der Waals surface area contributed by atoms with E-state index in [2.05, 4.69) is 9.97 Å². The molecule has 0 saturated heterocycles. The first-order valence-corrected chi connectivity index (χ1v) is 7.42. The monoisotopic (exact) mass is 282 g/mol. The van der Waals surface area contributed by atoms with E-state index in [9.17, 15) is 8.42 Å². The predicted octanol–water partition coefficient (Wildman–Crippen LogP) is 2.45. The van der Waals surface area contributed by atoms with Crippen molar-refractivity contribution in [2.75, 3.05) is 6.26 Å². The van der Waals surface area contributed by atoms with Gasteiger partial charge in [-0.15, -0.1) is 0 Å². The molecule has 0 aliphatic rings. The van der Waals surface area contributed by atoms with E-state index in [0.29, 0.717) is 5.56 Å². The van der Waals surface area contributed by atoms with Gasteiger partial charge in [-0.3, -0.25) is 0 Å². The lowest BCUT2D eigenvalue weighted by Gasteiger charge is -2.10. The minimum Gasteiger partial charge on any atom is -0.229 e. The average Bonchev–Trinajstić information content (AvgIpc) is 1.96. The van der Waals surface area contributed by atoms with Crippen LogP contribution in [0.3, 0.4) is 0 Å². The second-order valence-corrected chi connectivity index (χ2v) is 6.72. The van der Waals surface area contributed by atoms with Crippen molar-refractivity contribution < 1.29 is 8.42 Å². The fourth-order valence-electron chi connectivity index (χ4n) is 1.23. The molecule has 0 atom stereocenters. The number of rotatable bonds is 3. The average molecular weight is 283 g/mol. The number of nitrogens with zero attached hydrogens (tertiary/aromatic N) is 2. The van der Waals surface area contributed by atoms with E-state index in [1.54, 1.807) is 0 Å². The maximum Gasteiger partial charge on any atom is 0.154 e. The number of sulfone groups is 1. The molecule has 1 aromatic rings. The van der Waals surface area contributed by atoms with Crippen LogP contribution in [0.1, 0.15) is 31.2 Å². The number of hydrogen-bond donors (Lipinski definition) is 0. The molecule has 0 amide bonds. The summed E-state index contributed by atoms with van der Waals surface area (Å²) >= 11 is 11.9. The van der Waals surface area contributed by atoms with Gasteiger partial charge in [0.15, 0.2) is 9.84 Å². The summed E-state index contributed by atoms with van der Waals surface area (Å²) in [5.74, 6) is -0.0423. The summed E-state index contributed by atoms with van der Waals surface area (Å²) < 4.78 is 22.2. The van der Waals surface area contributed by atoms with Gasteiger partial charge < -0.3 is 0 Å². The summed E-state index contributed by atoms with van der Waals surface area (Å²) in [7, 11) is -3.19. The number of halogens is 2. The molecule has 0 unspecified atom stereocenters. The van der Waals surface area contributed by atoms with Gasteiger partial charge >= 0.3 is 0 Å². The van der Waals surface area contributed by atoms with Crippen molar-refractivity contribution >= 4 is 33.0 Å². The van der Waals surface area contributed by atoms with Crippen LogP contribution in [-0.4, -0.2) is 24.6 Å². The summed E-state index contributed by atoms with van der Waals surface area (Å²) in [6.07, 6.45) is 1.11. The van der Waals surface area contributed by atoms with E-state index < -0.39 is 9.84 Å². The highest BCUT2D eigenvalue weighted by atomic mass is 35.5. The Balaban J connectivity index is 3.20. The molecule has 1 aromatic heterocycles. The number of aromatic nitrogens is 2. The van der Waals surface area contributed by atoms with Crippen molar-refractivity contribution in [3.63, 3.8) is 0 Å². The lowest BCUT2D eigenvalue weighted by Crippen LogP contribution is -2.07. The zero-order valence-electron chi connectivity index (χ0n) is 9.16. The maximum absolute atomic E-state index is 11.1. The third-order valence-corrected chi connectivity index (χ3v) is 3.23. The molecule has 0 aliphatic carbocycles. The van der Waals surface area contributed by atoms with Gasteiger partial charge in [0.1, 0.15) is 21.9 Å². The van der Waals surface area contributed by atoms with Gasteiger partial charge in [-0.05, 0) is 5.92 Å². The first kappa shape index (κ1) is 13.7. The van der Waals surface area contributed by atoms with Gasteiger partial charge in [0, 0.05) is 11.8 Å². The summed E-state index contributed by atoms with van der Waals surface area (Å²) in [4.78, 5) is 7.86. The van der Waals surface area contributed by atoms with E-state index in [1.165, 1.54) is 0 Å². The van der Waals surface area contributed by atoms with Gasteiger partial charge in [-0.1, -0.05) is 37.0 Å². The predicted molar refractivity (Wildman–Crippen MR) is 64.7 cm³/mol. The molecule has 1 heterocycles. The van der Waals surface area contributed by atoms with E-state index >= 15 is 0 Å². The summed E-state index contributed by atoms with van der Waals surface area (Å²) in [5.41, 5.74) is 0.639. The third kappa shape index (κ3) is 3.57. The minimum absolute atomic E-state index is 0.0901. The van der Waals surface area contributed by atoms with Crippen molar-refractivity contribution in [2.45, 2.75) is 25.5 Å². The largest absolute Gasteiger partial charge is 0.229 e. The van der Waals surface area contributed by atoms with Gasteiger partial charge in [-0.25, -0.2) is 18.4 Å². The smallest absolute Gasteiger partial charge is 0.154 e. The Morgan fingerprint density at radius 2 is 1.62 bits per heavy atom. The molecule has 0 saturated carbocycles. The molecule has 0 spiro atoms. The molecule has 90 valence electrons. The van der Waals surface area contributed by atoms with Gasteiger partial charge in [0.05, 0.1) is 0 Å². The van der Waals surface area contributed by atoms with Crippen LogP contribution in [0.2, 0.25) is 10.3 Å². The Labute approximate surface area is 105 Å². The van der Waals surface area contributed by atoms with E-state index in [0.717, 1.165) is 6.26 Å². The highest BCUT2D eigenvalue weighted by Crippen LogP contribution is 2.28. The Hall–Kier alpha value is -0.390. The topological polar surface area (TPSA) is 59.9 Å². The van der Waals surface area contributed by atoms with Crippen molar-refractivity contribution in [3.05, 3.63) is 21.7 Å². The Kier molecular flexibility index (Phi) is 4.15. The lowest BCUT2D eigenvalue weighted by molar-refractivity contribution is 0.599. The van der Waals surface area contributed by atoms with E-state index in [4.69, 9.17) is 23.2 Å². The fraction of sp³-hybridized carbons (Fsp3) is 0.556. The molecule has 1 rings (SSSR count). The third-order valence-electron chi connectivity index (χ3n) is 1.87. The second-order valence-electron chi connectivity index (χ2n) is 3.86. The van der Waals surface area contributed by atoms with Crippen LogP contribution in [0.25, 0.3) is 0 Å². The Morgan fingerprint density at radius 3 is 1.94 bits per heavy atom. The summed E-state index contributed by atoms with van der Waals surface area (Å²) in [5, 5.41) is 0.433. The molecular weight excluding hydrogens is 271 g/mol. The zero-order valence-corrected chi connectivity index (χ0v) is 11.5. The highest BCUT2D eigenvalue weighted by Gasteiger charge is 2.16. The van der Waals surface area contributed by atoms with Crippen molar-refractivity contribution in [3.8, 4) is 0 Å². The van der Waals surface area contributed by atoms with Crippen LogP contribution in [0, 0.1) is 0 Å². The zero-order chi connectivity index (χ0) is 12.5. The van der Waals surface area contributed by atoms with Crippen LogP contribution in [0.5, 0.6) is 0 Å². The van der Waals surface area contributed by atoms with E-state index in [-0.39, 0.29) is 27.8 Å². The first-order chi connectivity index (χ1) is 7.20. The molecular formula is C9H12Cl2N2O2S. The second kappa shape index (κ2) is 4.85. The Bertz CT molecular complexity index is 477. The minimum atomic E-state index is -3.19. The van der Waals surface area contributed by atoms with Crippen LogP contribution in [0.15, 0.2) is 0 Å². The van der Waals surface area contributed by atoms with Gasteiger partial charge in [-0.2, -0.15) is 0 Å². The van der Waals surface area contributed by atoms with Gasteiger partial charge in [0.25, 0.3) is 0 Å². The molecule has 0 aliphatic heterocycles. The molecule has 16 heavy (non-hydrogen) atoms. The fourth-order valence-corrected chi connectivity index (χ4v) is 2.69. The first-order valence-electron chi connectivity index (χ1n) is 4.60. The molecule has 0 bridgehead atoms. The summed E-state index contributed by atoms with van der Waals surface area (Å²) in [6, 6.07) is 0. The lowest BCUT2D eigenvalue weighted by atomic mass is 10.1. The van der Waals surface area contributed by atoms with Crippen molar-refractivity contribution in [1.29, 1.82) is 0 Å². The Morgan fingerprint density at radius 1 is 1.19 bits per heavy atom. The molecule has 0 aromatic carbocycles. The normalized spacial score (nSPS) is 12.1. The molecule has 4 nitrogen and oxygen atoms in total. The standard InChI is InChI=1S/C9H12Cl2N2O2S/c1-5(2)7-8(10)12-6(13-9(7)11)4-16(3,14)15/h5H,4H2,1-3H3. The quantitative estimate of drug-likeness (QED) is 0.799.